The number of nitrogens with zero attached hydrogens (tertiary/aromatic N) is 4. The van der Waals surface area contributed by atoms with Crippen LogP contribution in [0.3, 0.4) is 0 Å². The molecule has 106 valence electrons. The number of nitrogens with one attached hydrogen (secondary N) is 1. The van der Waals surface area contributed by atoms with E-state index in [1.54, 1.807) is 6.20 Å². The van der Waals surface area contributed by atoms with Gasteiger partial charge in [0.05, 0.1) is 29.1 Å². The summed E-state index contributed by atoms with van der Waals surface area (Å²) in [4.78, 5) is 8.84. The zero-order valence-electron chi connectivity index (χ0n) is 11.5. The van der Waals surface area contributed by atoms with E-state index >= 15 is 0 Å². The van der Waals surface area contributed by atoms with E-state index in [-0.39, 0.29) is 0 Å². The first-order valence-electron chi connectivity index (χ1n) is 6.94. The Morgan fingerprint density at radius 3 is 2.95 bits per heavy atom. The average molecular weight is 300 g/mol. The molecule has 0 aliphatic heterocycles. The van der Waals surface area contributed by atoms with Gasteiger partial charge in [-0.05, 0) is 38.0 Å². The lowest BCUT2D eigenvalue weighted by Gasteiger charge is -2.06. The smallest absolute Gasteiger partial charge is 0.227 e. The highest BCUT2D eigenvalue weighted by Gasteiger charge is 2.26. The van der Waals surface area contributed by atoms with E-state index in [1.165, 1.54) is 12.8 Å². The Hall–Kier alpha value is -2.14. The first-order chi connectivity index (χ1) is 10.2. The van der Waals surface area contributed by atoms with Crippen molar-refractivity contribution in [2.75, 3.05) is 5.32 Å². The molecule has 1 N–H and O–H groups in total. The molecule has 0 unspecified atom stereocenters. The molecule has 1 aromatic carbocycles. The second-order valence-electron chi connectivity index (χ2n) is 5.34. The predicted octanol–water partition coefficient (Wildman–Crippen LogP) is 3.87. The molecule has 0 spiro atoms. The van der Waals surface area contributed by atoms with Gasteiger partial charge in [-0.2, -0.15) is 5.10 Å². The first kappa shape index (κ1) is 12.6. The first-order valence-corrected chi connectivity index (χ1v) is 7.32. The molecule has 6 heteroatoms. The quantitative estimate of drug-likeness (QED) is 0.797. The van der Waals surface area contributed by atoms with Crippen LogP contribution in [0.15, 0.2) is 30.6 Å². The van der Waals surface area contributed by atoms with Crippen LogP contribution in [-0.4, -0.2) is 19.7 Å². The third-order valence-electron chi connectivity index (χ3n) is 3.73. The molecule has 1 saturated carbocycles. The van der Waals surface area contributed by atoms with Crippen LogP contribution in [-0.2, 0) is 0 Å². The van der Waals surface area contributed by atoms with Crippen molar-refractivity contribution in [1.29, 1.82) is 0 Å². The number of anilines is 2. The summed E-state index contributed by atoms with van der Waals surface area (Å²) >= 11 is 5.97. The fraction of sp³-hybridized carbons (Fsp3) is 0.267. The molecule has 4 rings (SSSR count). The molecule has 0 radical (unpaired) electrons. The van der Waals surface area contributed by atoms with Gasteiger partial charge in [-0.1, -0.05) is 11.6 Å². The highest BCUT2D eigenvalue weighted by Crippen LogP contribution is 2.36. The highest BCUT2D eigenvalue weighted by molar-refractivity contribution is 6.31. The van der Waals surface area contributed by atoms with Crippen molar-refractivity contribution in [3.05, 3.63) is 41.3 Å². The van der Waals surface area contributed by atoms with Crippen molar-refractivity contribution >= 4 is 34.1 Å². The van der Waals surface area contributed by atoms with Crippen molar-refractivity contribution in [2.45, 2.75) is 25.8 Å². The van der Waals surface area contributed by atoms with Crippen LogP contribution in [0.2, 0.25) is 5.02 Å². The number of fused-ring (bicyclic) bond motifs is 1. The van der Waals surface area contributed by atoms with Crippen LogP contribution in [0.1, 0.15) is 24.6 Å². The fourth-order valence-corrected chi connectivity index (χ4v) is 2.60. The van der Waals surface area contributed by atoms with Crippen molar-refractivity contribution in [1.82, 2.24) is 19.7 Å². The maximum atomic E-state index is 5.97. The lowest BCUT2D eigenvalue weighted by molar-refractivity contribution is 0.622. The van der Waals surface area contributed by atoms with E-state index in [0.29, 0.717) is 17.0 Å². The fourth-order valence-electron chi connectivity index (χ4n) is 2.42. The van der Waals surface area contributed by atoms with Gasteiger partial charge in [0.15, 0.2) is 0 Å². The van der Waals surface area contributed by atoms with E-state index in [9.17, 15) is 0 Å². The molecule has 2 heterocycles. The van der Waals surface area contributed by atoms with E-state index in [4.69, 9.17) is 11.6 Å². The normalized spacial score (nSPS) is 14.6. The van der Waals surface area contributed by atoms with Crippen LogP contribution in [0.25, 0.3) is 10.9 Å². The lowest BCUT2D eigenvalue weighted by atomic mass is 10.2. The van der Waals surface area contributed by atoms with Crippen LogP contribution in [0, 0.1) is 6.92 Å². The topological polar surface area (TPSA) is 55.6 Å². The van der Waals surface area contributed by atoms with E-state index in [2.05, 4.69) is 32.0 Å². The number of aromatic nitrogens is 4. The van der Waals surface area contributed by atoms with Crippen LogP contribution in [0.5, 0.6) is 0 Å². The van der Waals surface area contributed by atoms with Crippen molar-refractivity contribution < 1.29 is 0 Å². The van der Waals surface area contributed by atoms with Gasteiger partial charge in [-0.15, -0.1) is 0 Å². The third kappa shape index (κ3) is 2.34. The Morgan fingerprint density at radius 1 is 1.29 bits per heavy atom. The minimum atomic E-state index is 0.570. The zero-order valence-corrected chi connectivity index (χ0v) is 12.3. The summed E-state index contributed by atoms with van der Waals surface area (Å²) in [5, 5.41) is 9.29. The van der Waals surface area contributed by atoms with E-state index in [1.807, 2.05) is 24.4 Å². The SMILES string of the molecule is Cc1c(Nc2ncc3cc(Cl)ccc3n2)cnn1C1CC1. The summed E-state index contributed by atoms with van der Waals surface area (Å²) in [6, 6.07) is 6.15. The van der Waals surface area contributed by atoms with Crippen molar-refractivity contribution in [3.8, 4) is 0 Å². The molecule has 0 amide bonds. The number of rotatable bonds is 3. The van der Waals surface area contributed by atoms with Crippen molar-refractivity contribution in [3.63, 3.8) is 0 Å². The standard InChI is InChI=1S/C15H14ClN5/c1-9-14(8-18-21(9)12-3-4-12)20-15-17-7-10-6-11(16)2-5-13(10)19-15/h2,5-8,12H,3-4H2,1H3,(H,17,19,20). The molecule has 2 aromatic heterocycles. The Morgan fingerprint density at radius 2 is 2.14 bits per heavy atom. The second-order valence-corrected chi connectivity index (χ2v) is 5.78. The number of halogens is 1. The Bertz CT molecular complexity index is 822. The summed E-state index contributed by atoms with van der Waals surface area (Å²) in [6.45, 7) is 2.06. The van der Waals surface area contributed by atoms with E-state index in [0.717, 1.165) is 22.3 Å². The third-order valence-corrected chi connectivity index (χ3v) is 3.96. The summed E-state index contributed by atoms with van der Waals surface area (Å²) in [7, 11) is 0. The minimum Gasteiger partial charge on any atom is -0.321 e. The minimum absolute atomic E-state index is 0.570. The number of hydrogen-bond acceptors (Lipinski definition) is 4. The molecule has 1 aliphatic rings. The zero-order chi connectivity index (χ0) is 14.4. The predicted molar refractivity (Wildman–Crippen MR) is 83.1 cm³/mol. The van der Waals surface area contributed by atoms with Gasteiger partial charge in [0.2, 0.25) is 5.95 Å². The molecule has 0 saturated heterocycles. The summed E-state index contributed by atoms with van der Waals surface area (Å²) in [5.74, 6) is 0.572. The van der Waals surface area contributed by atoms with Gasteiger partial charge in [0.25, 0.3) is 0 Å². The van der Waals surface area contributed by atoms with Crippen LogP contribution < -0.4 is 5.32 Å². The molecule has 0 atom stereocenters. The maximum absolute atomic E-state index is 5.97. The summed E-state index contributed by atoms with van der Waals surface area (Å²) < 4.78 is 2.07. The Labute approximate surface area is 127 Å². The monoisotopic (exact) mass is 299 g/mol. The Balaban J connectivity index is 1.66. The van der Waals surface area contributed by atoms with Crippen LogP contribution >= 0.6 is 11.6 Å². The van der Waals surface area contributed by atoms with E-state index < -0.39 is 0 Å². The van der Waals surface area contributed by atoms with Crippen LogP contribution in [0.4, 0.5) is 11.6 Å². The van der Waals surface area contributed by atoms with Gasteiger partial charge >= 0.3 is 0 Å². The largest absolute Gasteiger partial charge is 0.321 e. The molecular formula is C15H14ClN5. The van der Waals surface area contributed by atoms with Gasteiger partial charge in [0.1, 0.15) is 0 Å². The highest BCUT2D eigenvalue weighted by atomic mass is 35.5. The van der Waals surface area contributed by atoms with Gasteiger partial charge in [-0.3, -0.25) is 4.68 Å². The molecule has 1 aliphatic carbocycles. The maximum Gasteiger partial charge on any atom is 0.227 e. The second kappa shape index (κ2) is 4.70. The molecule has 21 heavy (non-hydrogen) atoms. The molecule has 0 bridgehead atoms. The van der Waals surface area contributed by atoms with Gasteiger partial charge < -0.3 is 5.32 Å². The molecular weight excluding hydrogens is 286 g/mol. The van der Waals surface area contributed by atoms with Gasteiger partial charge in [-0.25, -0.2) is 9.97 Å². The Kier molecular flexibility index (Phi) is 2.82. The van der Waals surface area contributed by atoms with Crippen molar-refractivity contribution in [2.24, 2.45) is 0 Å². The summed E-state index contributed by atoms with van der Waals surface area (Å²) in [5.41, 5.74) is 2.94. The molecule has 1 fully saturated rings. The molecule has 3 aromatic rings. The number of hydrogen-bond donors (Lipinski definition) is 1. The lowest BCUT2D eigenvalue weighted by Crippen LogP contribution is -2.01. The van der Waals surface area contributed by atoms with Gasteiger partial charge in [0, 0.05) is 16.6 Å². The molecule has 5 nitrogen and oxygen atoms in total. The average Bonchev–Trinajstić information content (AvgIpc) is 3.25. The summed E-state index contributed by atoms with van der Waals surface area (Å²) in [6.07, 6.45) is 6.05. The number of benzene rings is 1.